The summed E-state index contributed by atoms with van der Waals surface area (Å²) in [6, 6.07) is 10.8. The van der Waals surface area contributed by atoms with E-state index >= 15 is 8.78 Å². The number of halogens is 3. The highest BCUT2D eigenvalue weighted by Crippen LogP contribution is 2.46. The van der Waals surface area contributed by atoms with Crippen molar-refractivity contribution in [1.82, 2.24) is 15.0 Å². The van der Waals surface area contributed by atoms with E-state index in [4.69, 9.17) is 9.47 Å². The van der Waals surface area contributed by atoms with Crippen molar-refractivity contribution >= 4 is 27.7 Å². The molecule has 1 aliphatic heterocycles. The molecule has 5 aromatic rings. The van der Waals surface area contributed by atoms with Crippen LogP contribution in [0.2, 0.25) is 0 Å². The number of carboxylic acids is 1. The Morgan fingerprint density at radius 2 is 1.96 bits per heavy atom. The molecule has 0 saturated carbocycles. The highest BCUT2D eigenvalue weighted by Gasteiger charge is 2.39. The third kappa shape index (κ3) is 5.16. The van der Waals surface area contributed by atoms with E-state index in [9.17, 15) is 18.5 Å². The van der Waals surface area contributed by atoms with Crippen LogP contribution in [0.3, 0.4) is 0 Å². The summed E-state index contributed by atoms with van der Waals surface area (Å²) in [5, 5.41) is 9.89. The highest BCUT2D eigenvalue weighted by molar-refractivity contribution is 7.84. The first-order valence-electron chi connectivity index (χ1n) is 14.1. The Hall–Kier alpha value is -4.58. The molecule has 12 heteroatoms. The molecule has 8 nitrogen and oxygen atoms in total. The van der Waals surface area contributed by atoms with Gasteiger partial charge in [0.2, 0.25) is 5.82 Å². The zero-order chi connectivity index (χ0) is 32.3. The average molecular weight is 638 g/mol. The number of nitrogens with one attached hydrogen (secondary N) is 2. The van der Waals surface area contributed by atoms with Crippen LogP contribution in [0.5, 0.6) is 17.2 Å². The minimum Gasteiger partial charge on any atom is -0.493 e. The number of carboxylic acid groups (broad SMARTS) is 1. The molecule has 0 spiro atoms. The first-order valence-corrected chi connectivity index (χ1v) is 15.7. The van der Waals surface area contributed by atoms with Crippen LogP contribution < -0.4 is 9.47 Å². The van der Waals surface area contributed by atoms with Crippen LogP contribution in [0, 0.1) is 22.9 Å². The Morgan fingerprint density at radius 3 is 2.69 bits per heavy atom. The van der Waals surface area contributed by atoms with Gasteiger partial charge in [-0.25, -0.2) is 13.8 Å². The number of fused-ring (bicyclic) bond motifs is 2. The van der Waals surface area contributed by atoms with Gasteiger partial charge in [-0.2, -0.15) is 4.39 Å². The maximum atomic E-state index is 15.2. The molecule has 0 fully saturated rings. The van der Waals surface area contributed by atoms with Crippen molar-refractivity contribution in [2.45, 2.75) is 43.9 Å². The van der Waals surface area contributed by atoms with Gasteiger partial charge in [0.1, 0.15) is 23.1 Å². The van der Waals surface area contributed by atoms with Gasteiger partial charge in [0.05, 0.1) is 38.8 Å². The Kier molecular flexibility index (Phi) is 7.51. The molecule has 0 amide bonds. The Bertz CT molecular complexity index is 2000. The SMILES string of the molecule is CS(=O)c1c(Oc2ccc(F)c(-c3ncc(C4(C)CCOc5c(CC(C)(C)C(=O)O)cccc54)[nH]3)c2)c(F)c(F)c2[nH]ccc12. The maximum absolute atomic E-state index is 15.2. The molecule has 1 aliphatic rings. The van der Waals surface area contributed by atoms with Crippen LogP contribution in [-0.2, 0) is 27.4 Å². The molecule has 6 rings (SSSR count). The zero-order valence-electron chi connectivity index (χ0n) is 24.9. The van der Waals surface area contributed by atoms with Gasteiger partial charge in [0.25, 0.3) is 0 Å². The molecule has 0 bridgehead atoms. The van der Waals surface area contributed by atoms with E-state index < -0.39 is 50.8 Å². The smallest absolute Gasteiger partial charge is 0.309 e. The second-order valence-corrected chi connectivity index (χ2v) is 13.3. The lowest BCUT2D eigenvalue weighted by molar-refractivity contribution is -0.146. The van der Waals surface area contributed by atoms with Gasteiger partial charge in [-0.3, -0.25) is 9.00 Å². The normalized spacial score (nSPS) is 17.1. The zero-order valence-corrected chi connectivity index (χ0v) is 25.7. The molecule has 2 aromatic heterocycles. The highest BCUT2D eigenvalue weighted by atomic mass is 32.2. The summed E-state index contributed by atoms with van der Waals surface area (Å²) in [7, 11) is -1.75. The van der Waals surface area contributed by atoms with Crippen molar-refractivity contribution in [2.75, 3.05) is 12.9 Å². The molecule has 0 radical (unpaired) electrons. The topological polar surface area (TPSA) is 117 Å². The van der Waals surface area contributed by atoms with Crippen LogP contribution >= 0.6 is 0 Å². The second-order valence-electron chi connectivity index (χ2n) is 12.0. The van der Waals surface area contributed by atoms with Gasteiger partial charge in [-0.1, -0.05) is 18.2 Å². The molecule has 0 saturated heterocycles. The number of H-pyrrole nitrogens is 2. The molecular weight excluding hydrogens is 607 g/mol. The van der Waals surface area contributed by atoms with Gasteiger partial charge >= 0.3 is 5.97 Å². The number of hydrogen-bond donors (Lipinski definition) is 3. The number of hydrogen-bond acceptors (Lipinski definition) is 5. The van der Waals surface area contributed by atoms with E-state index in [0.29, 0.717) is 24.5 Å². The number of para-hydroxylation sites is 1. The van der Waals surface area contributed by atoms with Crippen molar-refractivity contribution < 1.29 is 36.8 Å². The third-order valence-electron chi connectivity index (χ3n) is 8.43. The molecule has 2 atom stereocenters. The van der Waals surface area contributed by atoms with E-state index in [1.165, 1.54) is 30.7 Å². The van der Waals surface area contributed by atoms with Crippen molar-refractivity contribution in [2.24, 2.45) is 5.41 Å². The Morgan fingerprint density at radius 1 is 1.18 bits per heavy atom. The van der Waals surface area contributed by atoms with Crippen LogP contribution in [-0.4, -0.2) is 43.1 Å². The lowest BCUT2D eigenvalue weighted by Gasteiger charge is -2.36. The lowest BCUT2D eigenvalue weighted by atomic mass is 9.73. The first-order chi connectivity index (χ1) is 21.3. The van der Waals surface area contributed by atoms with Crippen LogP contribution in [0.4, 0.5) is 13.2 Å². The van der Waals surface area contributed by atoms with Crippen molar-refractivity contribution in [1.29, 1.82) is 0 Å². The van der Waals surface area contributed by atoms with E-state index in [1.54, 1.807) is 20.0 Å². The summed E-state index contributed by atoms with van der Waals surface area (Å²) in [6.07, 6.45) is 5.19. The average Bonchev–Trinajstić information content (AvgIpc) is 3.68. The molecule has 234 valence electrons. The fourth-order valence-corrected chi connectivity index (χ4v) is 6.68. The van der Waals surface area contributed by atoms with Crippen LogP contribution in [0.15, 0.2) is 59.8 Å². The van der Waals surface area contributed by atoms with E-state index in [-0.39, 0.29) is 39.4 Å². The molecule has 3 N–H and O–H groups in total. The quantitative estimate of drug-likeness (QED) is 0.165. The molecule has 3 aromatic carbocycles. The molecule has 2 unspecified atom stereocenters. The Labute approximate surface area is 259 Å². The van der Waals surface area contributed by atoms with Gasteiger partial charge in [-0.15, -0.1) is 0 Å². The van der Waals surface area contributed by atoms with E-state index in [2.05, 4.69) is 15.0 Å². The molecular formula is C33H30F3N3O5S. The predicted molar refractivity (Wildman–Crippen MR) is 163 cm³/mol. The minimum atomic E-state index is -1.75. The fraction of sp³-hybridized carbons (Fsp3) is 0.273. The number of ether oxygens (including phenoxy) is 2. The van der Waals surface area contributed by atoms with Gasteiger partial charge in [-0.05, 0) is 63.4 Å². The number of aliphatic carboxylic acids is 1. The van der Waals surface area contributed by atoms with E-state index in [1.807, 2.05) is 25.1 Å². The standard InChI is InChI=1S/C33H30F3N3O5S/c1-32(2,31(40)41)15-17-6-5-7-21-27(17)43-13-11-33(21,3)23-16-38-30(39-23)20-14-18(8-9-22(20)34)44-28-25(36)24(35)26-19(10-12-37-26)29(28)45(4)42/h5-10,12,14,16,37H,11,13,15H2,1-4H3,(H,38,39)(H,40,41). The minimum absolute atomic E-state index is 0.0162. The Balaban J connectivity index is 1.36. The number of rotatable bonds is 8. The van der Waals surface area contributed by atoms with E-state index in [0.717, 1.165) is 17.2 Å². The maximum Gasteiger partial charge on any atom is 0.309 e. The van der Waals surface area contributed by atoms with Gasteiger partial charge in [0, 0.05) is 40.7 Å². The third-order valence-corrected chi connectivity index (χ3v) is 9.41. The second kappa shape index (κ2) is 11.1. The number of carbonyl (C=O) groups is 1. The summed E-state index contributed by atoms with van der Waals surface area (Å²) in [6.45, 7) is 5.70. The first kappa shape index (κ1) is 30.4. The molecule has 0 aliphatic carbocycles. The van der Waals surface area contributed by atoms with Gasteiger partial charge < -0.3 is 24.5 Å². The largest absolute Gasteiger partial charge is 0.493 e. The summed E-state index contributed by atoms with van der Waals surface area (Å²) in [4.78, 5) is 22.1. The number of imidazole rings is 1. The number of aromatic amines is 2. The van der Waals surface area contributed by atoms with Crippen molar-refractivity contribution in [3.8, 4) is 28.6 Å². The number of benzene rings is 3. The summed E-state index contributed by atoms with van der Waals surface area (Å²) in [5.74, 6) is -3.82. The predicted octanol–water partition coefficient (Wildman–Crippen LogP) is 7.25. The van der Waals surface area contributed by atoms with Gasteiger partial charge in [0.15, 0.2) is 11.6 Å². The summed E-state index contributed by atoms with van der Waals surface area (Å²) >= 11 is 0. The molecule has 45 heavy (non-hydrogen) atoms. The number of nitrogens with zero attached hydrogens (tertiary/aromatic N) is 1. The van der Waals surface area contributed by atoms with Crippen LogP contribution in [0.25, 0.3) is 22.3 Å². The summed E-state index contributed by atoms with van der Waals surface area (Å²) in [5.41, 5.74) is 0.556. The van der Waals surface area contributed by atoms with Crippen molar-refractivity contribution in [3.63, 3.8) is 0 Å². The van der Waals surface area contributed by atoms with Crippen LogP contribution in [0.1, 0.15) is 44.0 Å². The summed E-state index contributed by atoms with van der Waals surface area (Å²) < 4.78 is 69.6. The van der Waals surface area contributed by atoms with Crippen molar-refractivity contribution in [3.05, 3.63) is 89.1 Å². The number of aromatic nitrogens is 3. The monoisotopic (exact) mass is 637 g/mol. The fourth-order valence-electron chi connectivity index (χ4n) is 5.81. The molecule has 3 heterocycles. The lowest BCUT2D eigenvalue weighted by Crippen LogP contribution is -2.33.